The average molecular weight is 517 g/mol. The number of thioether (sulfide) groups is 1. The largest absolute Gasteiger partial charge is 0.477 e. The van der Waals surface area contributed by atoms with Crippen LogP contribution in [0, 0.1) is 20.2 Å². The summed E-state index contributed by atoms with van der Waals surface area (Å²) >= 11 is 2.59. The zero-order chi connectivity index (χ0) is 25.3. The molecule has 1 aromatic carbocycles. The number of benzene rings is 1. The third kappa shape index (κ3) is 4.65. The average Bonchev–Trinajstić information content (AvgIpc) is 3.36. The number of nitrogens with zero attached hydrogens (tertiary/aromatic N) is 3. The van der Waals surface area contributed by atoms with E-state index in [9.17, 15) is 39.7 Å². The van der Waals surface area contributed by atoms with Crippen LogP contribution in [0.4, 0.5) is 11.4 Å². The van der Waals surface area contributed by atoms with Crippen molar-refractivity contribution in [3.05, 3.63) is 84.2 Å². The molecule has 2 aromatic rings. The molecule has 2 aliphatic heterocycles. The minimum Gasteiger partial charge on any atom is -0.477 e. The number of nitro groups is 2. The molecule has 2 aliphatic rings. The van der Waals surface area contributed by atoms with Crippen molar-refractivity contribution in [3.63, 3.8) is 0 Å². The molecule has 1 aromatic heterocycles. The standard InChI is InChI=1S/C21H16N4O8S2/c26-18(22-17-19(27)23-14(21(28)29)7-9-35-20(17)23)13(16-2-1-8-34-16)6-4-11-3-5-12(24(30)31)10-15(11)25(32)33/h1-8,10,13,17,20H,9H2,(H,22,26)(H,28,29)/t13?,17-,20-/m1/s1. The van der Waals surface area contributed by atoms with Gasteiger partial charge in [0.25, 0.3) is 17.3 Å². The molecule has 2 N–H and O–H groups in total. The zero-order valence-electron chi connectivity index (χ0n) is 17.6. The fourth-order valence-corrected chi connectivity index (χ4v) is 5.70. The number of nitrogens with one attached hydrogen (secondary N) is 1. The van der Waals surface area contributed by atoms with Crippen molar-refractivity contribution in [1.29, 1.82) is 0 Å². The number of hydrogen-bond acceptors (Lipinski definition) is 9. The highest BCUT2D eigenvalue weighted by molar-refractivity contribution is 8.00. The van der Waals surface area contributed by atoms with Crippen molar-refractivity contribution in [2.24, 2.45) is 0 Å². The van der Waals surface area contributed by atoms with Gasteiger partial charge >= 0.3 is 5.97 Å². The van der Waals surface area contributed by atoms with Gasteiger partial charge < -0.3 is 10.4 Å². The van der Waals surface area contributed by atoms with Crippen LogP contribution in [-0.2, 0) is 14.4 Å². The van der Waals surface area contributed by atoms with Crippen molar-refractivity contribution in [1.82, 2.24) is 10.2 Å². The number of fused-ring (bicyclic) bond motifs is 1. The predicted molar refractivity (Wildman–Crippen MR) is 127 cm³/mol. The van der Waals surface area contributed by atoms with Gasteiger partial charge in [0.1, 0.15) is 17.1 Å². The summed E-state index contributed by atoms with van der Waals surface area (Å²) in [6.07, 6.45) is 4.20. The first kappa shape index (κ1) is 24.1. The first-order chi connectivity index (χ1) is 16.7. The quantitative estimate of drug-likeness (QED) is 0.304. The van der Waals surface area contributed by atoms with Crippen molar-refractivity contribution >= 4 is 58.3 Å². The number of non-ortho nitro benzene ring substituents is 1. The molecular formula is C21H16N4O8S2. The molecular weight excluding hydrogens is 500 g/mol. The van der Waals surface area contributed by atoms with Crippen LogP contribution in [0.2, 0.25) is 0 Å². The lowest BCUT2D eigenvalue weighted by Crippen LogP contribution is -2.70. The number of nitro benzene ring substituents is 2. The molecule has 2 amide bonds. The van der Waals surface area contributed by atoms with Gasteiger partial charge in [0.2, 0.25) is 5.91 Å². The van der Waals surface area contributed by atoms with Crippen LogP contribution in [0.25, 0.3) is 6.08 Å². The Hall–Kier alpha value is -4.04. The number of carbonyl (C=O) groups excluding carboxylic acids is 2. The summed E-state index contributed by atoms with van der Waals surface area (Å²) in [6.45, 7) is 0. The van der Waals surface area contributed by atoms with Gasteiger partial charge in [-0.1, -0.05) is 18.2 Å². The minimum absolute atomic E-state index is 0.0694. The van der Waals surface area contributed by atoms with Gasteiger partial charge in [-0.3, -0.25) is 34.7 Å². The van der Waals surface area contributed by atoms with Crippen LogP contribution in [-0.4, -0.2) is 54.8 Å². The van der Waals surface area contributed by atoms with E-state index >= 15 is 0 Å². The molecule has 3 atom stereocenters. The van der Waals surface area contributed by atoms with Gasteiger partial charge in [-0.25, -0.2) is 4.79 Å². The van der Waals surface area contributed by atoms with Crippen LogP contribution < -0.4 is 5.32 Å². The molecule has 0 radical (unpaired) electrons. The molecule has 1 saturated heterocycles. The minimum atomic E-state index is -1.22. The molecule has 4 rings (SSSR count). The number of β-lactam (4-membered cyclic amide) rings is 1. The molecule has 1 unspecified atom stereocenters. The van der Waals surface area contributed by atoms with Crippen LogP contribution in [0.3, 0.4) is 0 Å². The van der Waals surface area contributed by atoms with Crippen LogP contribution in [0.5, 0.6) is 0 Å². The zero-order valence-corrected chi connectivity index (χ0v) is 19.2. The first-order valence-electron chi connectivity index (χ1n) is 10.0. The van der Waals surface area contributed by atoms with Gasteiger partial charge in [0, 0.05) is 16.7 Å². The molecule has 35 heavy (non-hydrogen) atoms. The first-order valence-corrected chi connectivity index (χ1v) is 11.9. The second-order valence-corrected chi connectivity index (χ2v) is 9.55. The lowest BCUT2D eigenvalue weighted by Gasteiger charge is -2.48. The number of carboxylic acids is 1. The normalized spacial score (nSPS) is 19.9. The monoisotopic (exact) mass is 516 g/mol. The summed E-state index contributed by atoms with van der Waals surface area (Å²) in [6, 6.07) is 5.69. The number of thiophene rings is 1. The van der Waals surface area contributed by atoms with Crippen LogP contribution in [0.15, 0.2) is 53.6 Å². The second-order valence-electron chi connectivity index (χ2n) is 7.42. The Bertz CT molecular complexity index is 1290. The highest BCUT2D eigenvalue weighted by atomic mass is 32.2. The Kier molecular flexibility index (Phi) is 6.66. The van der Waals surface area contributed by atoms with Crippen molar-refractivity contribution in [3.8, 4) is 0 Å². The fraction of sp³-hybridized carbons (Fsp3) is 0.190. The SMILES string of the molecule is O=C(O)C1=CCS[C@@H]2[C@H](NC(=O)C(C=Cc3ccc([N+](=O)[O-])cc3[N+](=O)[O-])c3cccs3)C(=O)N12. The molecule has 0 saturated carbocycles. The van der Waals surface area contributed by atoms with E-state index in [4.69, 9.17) is 0 Å². The summed E-state index contributed by atoms with van der Waals surface area (Å²) < 4.78 is 0. The smallest absolute Gasteiger partial charge is 0.352 e. The number of carboxylic acid groups (broad SMARTS) is 1. The Morgan fingerprint density at radius 2 is 2.00 bits per heavy atom. The third-order valence-corrected chi connectivity index (χ3v) is 7.52. The maximum Gasteiger partial charge on any atom is 0.352 e. The highest BCUT2D eigenvalue weighted by Crippen LogP contribution is 2.38. The van der Waals surface area contributed by atoms with E-state index in [-0.39, 0.29) is 11.3 Å². The lowest BCUT2D eigenvalue weighted by molar-refractivity contribution is -0.394. The molecule has 3 heterocycles. The summed E-state index contributed by atoms with van der Waals surface area (Å²) in [5, 5.41) is 35.5. The lowest BCUT2D eigenvalue weighted by atomic mass is 10.0. The summed E-state index contributed by atoms with van der Waals surface area (Å²) in [5.74, 6) is -2.84. The predicted octanol–water partition coefficient (Wildman–Crippen LogP) is 2.73. The molecule has 14 heteroatoms. The van der Waals surface area contributed by atoms with Gasteiger partial charge in [0.05, 0.1) is 27.4 Å². The Balaban J connectivity index is 1.57. The van der Waals surface area contributed by atoms with Gasteiger partial charge in [0.15, 0.2) is 0 Å². The second kappa shape index (κ2) is 9.68. The van der Waals surface area contributed by atoms with Crippen molar-refractivity contribution in [2.45, 2.75) is 17.3 Å². The molecule has 0 bridgehead atoms. The molecule has 12 nitrogen and oxygen atoms in total. The summed E-state index contributed by atoms with van der Waals surface area (Å²) in [5.41, 5.74) is -0.976. The van der Waals surface area contributed by atoms with E-state index in [0.29, 0.717) is 10.6 Å². The summed E-state index contributed by atoms with van der Waals surface area (Å²) in [7, 11) is 0. The fourth-order valence-electron chi connectivity index (χ4n) is 3.71. The van der Waals surface area contributed by atoms with E-state index in [2.05, 4.69) is 5.32 Å². The van der Waals surface area contributed by atoms with Gasteiger partial charge in [-0.2, -0.15) is 0 Å². The summed E-state index contributed by atoms with van der Waals surface area (Å²) in [4.78, 5) is 59.8. The number of aliphatic carboxylic acids is 1. The van der Waals surface area contributed by atoms with Crippen molar-refractivity contribution < 1.29 is 29.3 Å². The van der Waals surface area contributed by atoms with E-state index in [1.165, 1.54) is 47.4 Å². The van der Waals surface area contributed by atoms with Gasteiger partial charge in [-0.15, -0.1) is 23.1 Å². The number of carbonyl (C=O) groups is 3. The highest BCUT2D eigenvalue weighted by Gasteiger charge is 2.53. The maximum absolute atomic E-state index is 13.2. The molecule has 0 aliphatic carbocycles. The number of hydrogen-bond donors (Lipinski definition) is 2. The van der Waals surface area contributed by atoms with Crippen LogP contribution in [0.1, 0.15) is 16.4 Å². The topological polar surface area (TPSA) is 173 Å². The third-order valence-electron chi connectivity index (χ3n) is 5.39. The van der Waals surface area contributed by atoms with E-state index in [0.717, 1.165) is 17.0 Å². The Morgan fingerprint density at radius 3 is 2.63 bits per heavy atom. The van der Waals surface area contributed by atoms with E-state index in [1.54, 1.807) is 17.5 Å². The molecule has 180 valence electrons. The number of rotatable bonds is 8. The van der Waals surface area contributed by atoms with Gasteiger partial charge in [-0.05, 0) is 23.6 Å². The Morgan fingerprint density at radius 1 is 1.23 bits per heavy atom. The van der Waals surface area contributed by atoms with E-state index in [1.807, 2.05) is 0 Å². The molecule has 0 spiro atoms. The Labute approximate surface area is 205 Å². The van der Waals surface area contributed by atoms with Crippen molar-refractivity contribution in [2.75, 3.05) is 5.75 Å². The maximum atomic E-state index is 13.2. The van der Waals surface area contributed by atoms with Crippen LogP contribution >= 0.6 is 23.1 Å². The number of amides is 2. The molecule has 1 fully saturated rings. The van der Waals surface area contributed by atoms with E-state index < -0.39 is 56.3 Å².